The van der Waals surface area contributed by atoms with Gasteiger partial charge in [-0.05, 0) is 95.3 Å². The molecule has 6 rings (SSSR count). The fraction of sp³-hybridized carbons (Fsp3) is 0.531. The lowest BCUT2D eigenvalue weighted by Crippen LogP contribution is -2.63. The molecule has 230 valence electrons. The van der Waals surface area contributed by atoms with Gasteiger partial charge in [-0.1, -0.05) is 17.7 Å². The van der Waals surface area contributed by atoms with E-state index in [2.05, 4.69) is 10.2 Å². The molecule has 0 aliphatic carbocycles. The van der Waals surface area contributed by atoms with Crippen LogP contribution in [0, 0.1) is 5.82 Å². The number of nitrogens with zero attached hydrogens (tertiary/aromatic N) is 5. The molecule has 0 aromatic heterocycles. The van der Waals surface area contributed by atoms with Crippen molar-refractivity contribution >= 4 is 35.0 Å². The maximum absolute atomic E-state index is 14.9. The summed E-state index contributed by atoms with van der Waals surface area (Å²) in [4.78, 5) is 51.8. The topological polar surface area (TPSA) is 79.4 Å². The largest absolute Gasteiger partial charge is 0.337 e. The molecule has 2 atom stereocenters. The summed E-state index contributed by atoms with van der Waals surface area (Å²) in [5, 5.41) is 3.70. The van der Waals surface area contributed by atoms with E-state index in [4.69, 9.17) is 11.6 Å². The number of carbonyl (C=O) groups excluding carboxylic acids is 3. The number of anilines is 1. The van der Waals surface area contributed by atoms with Gasteiger partial charge >= 0.3 is 0 Å². The van der Waals surface area contributed by atoms with Gasteiger partial charge < -0.3 is 24.9 Å². The molecule has 0 radical (unpaired) electrons. The lowest BCUT2D eigenvalue weighted by molar-refractivity contribution is -0.141. The van der Waals surface area contributed by atoms with Crippen LogP contribution in [0.4, 0.5) is 10.1 Å². The number of halogens is 2. The SMILES string of the molecule is CN(C)CCN1C(=O)[C@H]2CN(C(=O)[C@@H]3CCCN3C3CCNCC3)CCN2C(=O)c2cc(-c3ccc(Cl)cc3F)ccc21. The first-order valence-electron chi connectivity index (χ1n) is 15.3. The minimum absolute atomic E-state index is 0.0676. The molecule has 2 aromatic carbocycles. The second-order valence-electron chi connectivity index (χ2n) is 12.3. The van der Waals surface area contributed by atoms with Crippen LogP contribution in [0.2, 0.25) is 5.02 Å². The van der Waals surface area contributed by atoms with Gasteiger partial charge in [-0.2, -0.15) is 0 Å². The Kier molecular flexibility index (Phi) is 8.73. The Morgan fingerprint density at radius 1 is 1.02 bits per heavy atom. The summed E-state index contributed by atoms with van der Waals surface area (Å²) in [6, 6.07) is 9.05. The summed E-state index contributed by atoms with van der Waals surface area (Å²) in [7, 11) is 3.87. The van der Waals surface area contributed by atoms with Crippen molar-refractivity contribution in [3.63, 3.8) is 0 Å². The lowest BCUT2D eigenvalue weighted by atomic mass is 10.00. The zero-order valence-electron chi connectivity index (χ0n) is 24.9. The van der Waals surface area contributed by atoms with Crippen LogP contribution in [0.1, 0.15) is 36.0 Å². The monoisotopic (exact) mass is 610 g/mol. The number of carbonyl (C=O) groups is 3. The van der Waals surface area contributed by atoms with E-state index in [9.17, 15) is 18.8 Å². The normalized spacial score (nSPS) is 23.5. The van der Waals surface area contributed by atoms with Crippen LogP contribution < -0.4 is 10.2 Å². The highest BCUT2D eigenvalue weighted by Crippen LogP contribution is 2.35. The van der Waals surface area contributed by atoms with E-state index in [-0.39, 0.29) is 36.9 Å². The molecule has 0 spiro atoms. The number of nitrogens with one attached hydrogen (secondary N) is 1. The standard InChI is InChI=1S/C32H40ClFN6O3/c1-36(2)14-16-39-27-8-5-21(24-7-6-22(33)19-26(24)34)18-25(27)30(41)40-17-15-37(20-29(40)32(39)43)31(42)28-4-3-13-38(28)23-9-11-35-12-10-23/h5-8,18-19,23,28-29,35H,3-4,9-17,20H2,1-2H3/t28-,29+/m0/s1. The highest BCUT2D eigenvalue weighted by molar-refractivity contribution is 6.30. The zero-order valence-corrected chi connectivity index (χ0v) is 25.7. The molecule has 2 aromatic rings. The van der Waals surface area contributed by atoms with E-state index in [0.29, 0.717) is 53.1 Å². The van der Waals surface area contributed by atoms with Crippen LogP contribution in [0.5, 0.6) is 0 Å². The molecule has 0 saturated carbocycles. The summed E-state index contributed by atoms with van der Waals surface area (Å²) in [6.45, 7) is 4.65. The fourth-order valence-electron chi connectivity index (χ4n) is 7.10. The Hall–Kier alpha value is -3.05. The number of likely N-dealkylation sites (tertiary alicyclic amines) is 1. The number of rotatable bonds is 6. The minimum atomic E-state index is -0.788. The number of piperazine rings is 1. The molecular formula is C32H40ClFN6O3. The van der Waals surface area contributed by atoms with Crippen molar-refractivity contribution < 1.29 is 18.8 Å². The van der Waals surface area contributed by atoms with E-state index >= 15 is 0 Å². The predicted octanol–water partition coefficient (Wildman–Crippen LogP) is 2.92. The Balaban J connectivity index is 1.29. The van der Waals surface area contributed by atoms with Crippen molar-refractivity contribution in [2.75, 3.05) is 71.4 Å². The summed E-state index contributed by atoms with van der Waals surface area (Å²) in [5.74, 6) is -0.887. The number of amides is 3. The molecule has 0 unspecified atom stereocenters. The van der Waals surface area contributed by atoms with Crippen LogP contribution in [0.25, 0.3) is 11.1 Å². The number of fused-ring (bicyclic) bond motifs is 2. The molecule has 4 aliphatic rings. The van der Waals surface area contributed by atoms with Crippen LogP contribution >= 0.6 is 11.6 Å². The average molecular weight is 611 g/mol. The van der Waals surface area contributed by atoms with E-state index in [1.165, 1.54) is 6.07 Å². The number of benzene rings is 2. The second kappa shape index (κ2) is 12.5. The van der Waals surface area contributed by atoms with Crippen LogP contribution in [-0.2, 0) is 9.59 Å². The first kappa shape index (κ1) is 30.0. The van der Waals surface area contributed by atoms with Gasteiger partial charge in [-0.3, -0.25) is 19.3 Å². The van der Waals surface area contributed by atoms with Gasteiger partial charge in [0.2, 0.25) is 5.91 Å². The van der Waals surface area contributed by atoms with Crippen LogP contribution in [-0.4, -0.2) is 122 Å². The van der Waals surface area contributed by atoms with Gasteiger partial charge in [0.15, 0.2) is 0 Å². The lowest BCUT2D eigenvalue weighted by Gasteiger charge is -2.43. The van der Waals surface area contributed by atoms with Crippen molar-refractivity contribution in [3.8, 4) is 11.1 Å². The molecule has 9 nitrogen and oxygen atoms in total. The molecule has 4 aliphatic heterocycles. The maximum atomic E-state index is 14.9. The van der Waals surface area contributed by atoms with Crippen molar-refractivity contribution in [1.82, 2.24) is 24.9 Å². The third-order valence-corrected chi connectivity index (χ3v) is 9.63. The third kappa shape index (κ3) is 5.90. The second-order valence-corrected chi connectivity index (χ2v) is 12.8. The zero-order chi connectivity index (χ0) is 30.2. The maximum Gasteiger partial charge on any atom is 0.256 e. The van der Waals surface area contributed by atoms with Crippen molar-refractivity contribution in [1.29, 1.82) is 0 Å². The molecule has 3 saturated heterocycles. The van der Waals surface area contributed by atoms with Crippen molar-refractivity contribution in [2.24, 2.45) is 0 Å². The highest BCUT2D eigenvalue weighted by Gasteiger charge is 2.46. The molecule has 3 fully saturated rings. The van der Waals surface area contributed by atoms with Gasteiger partial charge in [0, 0.05) is 42.8 Å². The summed E-state index contributed by atoms with van der Waals surface area (Å²) in [6.07, 6.45) is 3.89. The number of hydrogen-bond donors (Lipinski definition) is 1. The molecule has 4 heterocycles. The van der Waals surface area contributed by atoms with Gasteiger partial charge in [0.05, 0.1) is 23.8 Å². The van der Waals surface area contributed by atoms with Gasteiger partial charge in [0.25, 0.3) is 11.8 Å². The van der Waals surface area contributed by atoms with E-state index in [0.717, 1.165) is 45.3 Å². The van der Waals surface area contributed by atoms with E-state index in [1.54, 1.807) is 40.1 Å². The first-order chi connectivity index (χ1) is 20.7. The molecule has 43 heavy (non-hydrogen) atoms. The average Bonchev–Trinajstić information content (AvgIpc) is 3.48. The Morgan fingerprint density at radius 2 is 1.81 bits per heavy atom. The minimum Gasteiger partial charge on any atom is -0.337 e. The van der Waals surface area contributed by atoms with Crippen molar-refractivity contribution in [2.45, 2.75) is 43.8 Å². The fourth-order valence-corrected chi connectivity index (χ4v) is 7.25. The number of likely N-dealkylation sites (N-methyl/N-ethyl adjacent to an activating group) is 1. The number of piperidine rings is 1. The smallest absolute Gasteiger partial charge is 0.256 e. The van der Waals surface area contributed by atoms with Crippen LogP contribution in [0.15, 0.2) is 36.4 Å². The quantitative estimate of drug-likeness (QED) is 0.542. The Bertz CT molecular complexity index is 1400. The molecule has 11 heteroatoms. The van der Waals surface area contributed by atoms with Gasteiger partial charge in [-0.25, -0.2) is 4.39 Å². The molecular weight excluding hydrogens is 571 g/mol. The van der Waals surface area contributed by atoms with Gasteiger partial charge in [0.1, 0.15) is 11.9 Å². The summed E-state index contributed by atoms with van der Waals surface area (Å²) >= 11 is 5.98. The van der Waals surface area contributed by atoms with E-state index < -0.39 is 11.9 Å². The Labute approximate surface area is 257 Å². The van der Waals surface area contributed by atoms with Gasteiger partial charge in [-0.15, -0.1) is 0 Å². The molecule has 3 amide bonds. The van der Waals surface area contributed by atoms with E-state index in [1.807, 2.05) is 23.9 Å². The van der Waals surface area contributed by atoms with Crippen molar-refractivity contribution in [3.05, 3.63) is 52.8 Å². The molecule has 0 bridgehead atoms. The predicted molar refractivity (Wildman–Crippen MR) is 165 cm³/mol. The summed E-state index contributed by atoms with van der Waals surface area (Å²) < 4.78 is 14.9. The highest BCUT2D eigenvalue weighted by atomic mass is 35.5. The first-order valence-corrected chi connectivity index (χ1v) is 15.7. The summed E-state index contributed by atoms with van der Waals surface area (Å²) in [5.41, 5.74) is 1.73. The van der Waals surface area contributed by atoms with Crippen LogP contribution in [0.3, 0.4) is 0 Å². The Morgan fingerprint density at radius 3 is 2.56 bits per heavy atom. The number of hydrogen-bond acceptors (Lipinski definition) is 6. The molecule has 1 N–H and O–H groups in total. The third-order valence-electron chi connectivity index (χ3n) is 9.39.